The molecular weight excluding hydrogens is 438 g/mol. The number of nitrogens with one attached hydrogen (secondary N) is 2. The first kappa shape index (κ1) is 25.8. The maximum Gasteiger partial charge on any atom is 0.405 e. The lowest BCUT2D eigenvalue weighted by Gasteiger charge is -2.29. The number of carboxylic acid groups (broad SMARTS) is 1. The van der Waals surface area contributed by atoms with Crippen LogP contribution in [0.25, 0.3) is 0 Å². The maximum absolute atomic E-state index is 13.1. The van der Waals surface area contributed by atoms with Gasteiger partial charge in [-0.15, -0.1) is 0 Å². The molecule has 34 heavy (non-hydrogen) atoms. The Labute approximate surface area is 200 Å². The molecule has 1 aromatic rings. The molecule has 0 aromatic heterocycles. The summed E-state index contributed by atoms with van der Waals surface area (Å²) in [5.74, 6) is 0.115. The third-order valence-electron chi connectivity index (χ3n) is 6.80. The van der Waals surface area contributed by atoms with Crippen LogP contribution in [0.4, 0.5) is 4.79 Å². The molecule has 1 aliphatic carbocycles. The zero-order valence-corrected chi connectivity index (χ0v) is 19.9. The summed E-state index contributed by atoms with van der Waals surface area (Å²) in [6.45, 7) is 2.75. The Bertz CT molecular complexity index is 842. The number of hydrogen-bond donors (Lipinski definition) is 4. The molecule has 0 bridgehead atoms. The van der Waals surface area contributed by atoms with Gasteiger partial charge in [0.05, 0.1) is 19.2 Å². The van der Waals surface area contributed by atoms with Crippen LogP contribution >= 0.6 is 0 Å². The van der Waals surface area contributed by atoms with Gasteiger partial charge in [-0.05, 0) is 24.8 Å². The largest absolute Gasteiger partial charge is 0.491 e. The van der Waals surface area contributed by atoms with Crippen LogP contribution in [0.2, 0.25) is 0 Å². The highest BCUT2D eigenvalue weighted by Gasteiger charge is 2.30. The van der Waals surface area contributed by atoms with Crippen molar-refractivity contribution < 1.29 is 29.3 Å². The monoisotopic (exact) mass is 475 g/mol. The smallest absolute Gasteiger partial charge is 0.405 e. The summed E-state index contributed by atoms with van der Waals surface area (Å²) < 4.78 is 5.74. The number of ether oxygens (including phenoxy) is 1. The lowest BCUT2D eigenvalue weighted by Crippen LogP contribution is -2.51. The predicted octanol–water partition coefficient (Wildman–Crippen LogP) is 2.52. The number of aliphatic hydroxyl groups is 1. The molecule has 3 unspecified atom stereocenters. The molecule has 3 atom stereocenters. The molecule has 0 spiro atoms. The molecule has 1 aliphatic heterocycles. The predicted molar refractivity (Wildman–Crippen MR) is 126 cm³/mol. The van der Waals surface area contributed by atoms with Gasteiger partial charge < -0.3 is 30.5 Å². The summed E-state index contributed by atoms with van der Waals surface area (Å²) in [5, 5.41) is 24.2. The lowest BCUT2D eigenvalue weighted by atomic mass is 9.84. The Morgan fingerprint density at radius 2 is 1.88 bits per heavy atom. The second-order valence-corrected chi connectivity index (χ2v) is 9.48. The van der Waals surface area contributed by atoms with Crippen molar-refractivity contribution in [1.29, 1.82) is 0 Å². The summed E-state index contributed by atoms with van der Waals surface area (Å²) in [7, 11) is 0. The normalized spacial score (nSPS) is 19.1. The molecular formula is C25H37N3O6. The zero-order valence-electron chi connectivity index (χ0n) is 19.9. The van der Waals surface area contributed by atoms with Crippen LogP contribution in [0.5, 0.6) is 5.75 Å². The number of fused-ring (bicyclic) bond motifs is 1. The van der Waals surface area contributed by atoms with Gasteiger partial charge in [-0.2, -0.15) is 0 Å². The SMILES string of the molecule is CC(CC(CO)NC(=O)C(CC1CCCCC1)NC(=O)O)C(=O)N1CCOc2ccccc2C1. The second-order valence-electron chi connectivity index (χ2n) is 9.48. The fraction of sp³-hybridized carbons (Fsp3) is 0.640. The minimum Gasteiger partial charge on any atom is -0.491 e. The van der Waals surface area contributed by atoms with Crippen molar-refractivity contribution in [2.45, 2.75) is 70.5 Å². The van der Waals surface area contributed by atoms with Gasteiger partial charge in [0.15, 0.2) is 0 Å². The summed E-state index contributed by atoms with van der Waals surface area (Å²) >= 11 is 0. The van der Waals surface area contributed by atoms with Crippen molar-refractivity contribution in [3.05, 3.63) is 29.8 Å². The summed E-state index contributed by atoms with van der Waals surface area (Å²) in [5.41, 5.74) is 0.942. The molecule has 1 aromatic carbocycles. The van der Waals surface area contributed by atoms with E-state index in [-0.39, 0.29) is 18.9 Å². The van der Waals surface area contributed by atoms with Crippen LogP contribution in [0.15, 0.2) is 24.3 Å². The van der Waals surface area contributed by atoms with Crippen molar-refractivity contribution in [3.8, 4) is 5.75 Å². The average Bonchev–Trinajstić information content (AvgIpc) is 3.05. The first-order chi connectivity index (χ1) is 16.4. The van der Waals surface area contributed by atoms with Crippen LogP contribution in [-0.2, 0) is 16.1 Å². The Morgan fingerprint density at radius 3 is 2.59 bits per heavy atom. The van der Waals surface area contributed by atoms with Crippen LogP contribution in [-0.4, -0.2) is 64.9 Å². The van der Waals surface area contributed by atoms with Gasteiger partial charge in [-0.3, -0.25) is 9.59 Å². The molecule has 0 radical (unpaired) electrons. The summed E-state index contributed by atoms with van der Waals surface area (Å²) in [6, 6.07) is 6.11. The molecule has 1 saturated carbocycles. The van der Waals surface area contributed by atoms with E-state index in [2.05, 4.69) is 10.6 Å². The van der Waals surface area contributed by atoms with Gasteiger partial charge >= 0.3 is 6.09 Å². The third kappa shape index (κ3) is 7.35. The van der Waals surface area contributed by atoms with Gasteiger partial charge in [-0.25, -0.2) is 4.79 Å². The average molecular weight is 476 g/mol. The highest BCUT2D eigenvalue weighted by Crippen LogP contribution is 2.28. The highest BCUT2D eigenvalue weighted by molar-refractivity contribution is 5.85. The first-order valence-electron chi connectivity index (χ1n) is 12.3. The molecule has 1 fully saturated rings. The third-order valence-corrected chi connectivity index (χ3v) is 6.80. The highest BCUT2D eigenvalue weighted by atomic mass is 16.5. The topological polar surface area (TPSA) is 128 Å². The Morgan fingerprint density at radius 1 is 1.15 bits per heavy atom. The quantitative estimate of drug-likeness (QED) is 0.435. The molecule has 188 valence electrons. The van der Waals surface area contributed by atoms with E-state index >= 15 is 0 Å². The van der Waals surface area contributed by atoms with E-state index in [0.717, 1.165) is 37.0 Å². The van der Waals surface area contributed by atoms with E-state index < -0.39 is 30.0 Å². The number of para-hydroxylation sites is 1. The summed E-state index contributed by atoms with van der Waals surface area (Å²) in [4.78, 5) is 39.0. The number of hydrogen-bond acceptors (Lipinski definition) is 5. The number of nitrogens with zero attached hydrogens (tertiary/aromatic N) is 1. The minimum absolute atomic E-state index is 0.0737. The van der Waals surface area contributed by atoms with E-state index in [9.17, 15) is 24.6 Å². The number of benzene rings is 1. The van der Waals surface area contributed by atoms with E-state index in [0.29, 0.717) is 32.0 Å². The number of aliphatic hydroxyl groups excluding tert-OH is 1. The van der Waals surface area contributed by atoms with Crippen molar-refractivity contribution in [2.75, 3.05) is 19.8 Å². The molecule has 4 N–H and O–H groups in total. The Kier molecular flexibility index (Phi) is 9.56. The first-order valence-corrected chi connectivity index (χ1v) is 12.3. The van der Waals surface area contributed by atoms with Gasteiger partial charge in [0, 0.05) is 18.0 Å². The molecule has 2 aliphatic rings. The van der Waals surface area contributed by atoms with Gasteiger partial charge in [-0.1, -0.05) is 57.2 Å². The molecule has 9 nitrogen and oxygen atoms in total. The van der Waals surface area contributed by atoms with Crippen molar-refractivity contribution in [2.24, 2.45) is 11.8 Å². The molecule has 0 saturated heterocycles. The fourth-order valence-corrected chi connectivity index (χ4v) is 4.97. The molecule has 9 heteroatoms. The van der Waals surface area contributed by atoms with Gasteiger partial charge in [0.25, 0.3) is 0 Å². The van der Waals surface area contributed by atoms with Crippen molar-refractivity contribution >= 4 is 17.9 Å². The lowest BCUT2D eigenvalue weighted by molar-refractivity contribution is -0.136. The summed E-state index contributed by atoms with van der Waals surface area (Å²) in [6.07, 6.45) is 4.79. The Balaban J connectivity index is 1.57. The number of carbonyl (C=O) groups excluding carboxylic acids is 2. The van der Waals surface area contributed by atoms with Crippen LogP contribution < -0.4 is 15.4 Å². The molecule has 3 rings (SSSR count). The number of carbonyl (C=O) groups is 3. The van der Waals surface area contributed by atoms with E-state index in [4.69, 9.17) is 4.74 Å². The van der Waals surface area contributed by atoms with E-state index in [1.807, 2.05) is 24.3 Å². The second kappa shape index (κ2) is 12.6. The maximum atomic E-state index is 13.1. The van der Waals surface area contributed by atoms with Crippen LogP contribution in [0, 0.1) is 11.8 Å². The van der Waals surface area contributed by atoms with Gasteiger partial charge in [0.1, 0.15) is 18.4 Å². The van der Waals surface area contributed by atoms with Crippen LogP contribution in [0.1, 0.15) is 57.4 Å². The number of rotatable bonds is 9. The van der Waals surface area contributed by atoms with E-state index in [1.165, 1.54) is 6.42 Å². The number of amides is 3. The van der Waals surface area contributed by atoms with Crippen molar-refractivity contribution in [1.82, 2.24) is 15.5 Å². The zero-order chi connectivity index (χ0) is 24.5. The van der Waals surface area contributed by atoms with Crippen molar-refractivity contribution in [3.63, 3.8) is 0 Å². The van der Waals surface area contributed by atoms with Gasteiger partial charge in [0.2, 0.25) is 11.8 Å². The Hall–Kier alpha value is -2.81. The minimum atomic E-state index is -1.25. The fourth-order valence-electron chi connectivity index (χ4n) is 4.97. The van der Waals surface area contributed by atoms with E-state index in [1.54, 1.807) is 11.8 Å². The molecule has 1 heterocycles. The van der Waals surface area contributed by atoms with Crippen LogP contribution in [0.3, 0.4) is 0 Å². The molecule has 3 amide bonds. The standard InChI is InChI=1S/C25H37N3O6/c1-17(24(31)28-11-12-34-22-10-6-5-9-19(22)15-28)13-20(16-29)26-23(30)21(27-25(32)33)14-18-7-3-2-4-8-18/h5-6,9-10,17-18,20-21,27,29H,2-4,7-8,11-16H2,1H3,(H,26,30)(H,32,33).